The minimum Gasteiger partial charge on any atom is -0.497 e. The van der Waals surface area contributed by atoms with Crippen molar-refractivity contribution in [3.05, 3.63) is 30.0 Å². The number of esters is 1. The first-order valence-electron chi connectivity index (χ1n) is 5.63. The van der Waals surface area contributed by atoms with Crippen LogP contribution in [0.2, 0.25) is 0 Å². The van der Waals surface area contributed by atoms with E-state index in [0.29, 0.717) is 6.42 Å². The number of halogens is 1. The number of nitrogens with one attached hydrogen (secondary N) is 1. The van der Waals surface area contributed by atoms with Crippen molar-refractivity contribution < 1.29 is 14.3 Å². The third-order valence-corrected chi connectivity index (χ3v) is 2.92. The van der Waals surface area contributed by atoms with Gasteiger partial charge in [-0.1, -0.05) is 0 Å². The van der Waals surface area contributed by atoms with E-state index in [1.165, 1.54) is 7.11 Å². The number of carbonyl (C=O) groups is 1. The zero-order chi connectivity index (χ0) is 13.1. The lowest BCUT2D eigenvalue weighted by Gasteiger charge is -2.08. The predicted octanol–water partition coefficient (Wildman–Crippen LogP) is 1.64. The molecule has 0 spiro atoms. The van der Waals surface area contributed by atoms with Gasteiger partial charge < -0.3 is 20.2 Å². The molecule has 1 unspecified atom stereocenters. The van der Waals surface area contributed by atoms with Crippen molar-refractivity contribution in [3.63, 3.8) is 0 Å². The normalized spacial score (nSPS) is 11.7. The van der Waals surface area contributed by atoms with Gasteiger partial charge in [0, 0.05) is 23.5 Å². The van der Waals surface area contributed by atoms with Crippen molar-refractivity contribution in [3.8, 4) is 5.75 Å². The van der Waals surface area contributed by atoms with E-state index >= 15 is 0 Å². The van der Waals surface area contributed by atoms with Crippen LogP contribution in [0.1, 0.15) is 5.56 Å². The molecule has 0 aliphatic rings. The summed E-state index contributed by atoms with van der Waals surface area (Å²) < 4.78 is 9.80. The second-order valence-corrected chi connectivity index (χ2v) is 4.06. The van der Waals surface area contributed by atoms with Crippen molar-refractivity contribution in [2.24, 2.45) is 5.73 Å². The van der Waals surface area contributed by atoms with Crippen molar-refractivity contribution in [1.82, 2.24) is 4.98 Å². The maximum Gasteiger partial charge on any atom is 0.322 e. The van der Waals surface area contributed by atoms with Crippen molar-refractivity contribution >= 4 is 29.3 Å². The molecular formula is C13H17ClN2O3. The second-order valence-electron chi connectivity index (χ2n) is 4.06. The Kier molecular flexibility index (Phi) is 5.20. The third kappa shape index (κ3) is 3.19. The molecule has 2 rings (SSSR count). The Morgan fingerprint density at radius 3 is 2.79 bits per heavy atom. The van der Waals surface area contributed by atoms with Crippen LogP contribution in [0.25, 0.3) is 10.9 Å². The van der Waals surface area contributed by atoms with Gasteiger partial charge in [-0.25, -0.2) is 0 Å². The molecule has 19 heavy (non-hydrogen) atoms. The maximum absolute atomic E-state index is 11.3. The van der Waals surface area contributed by atoms with Gasteiger partial charge in [-0.15, -0.1) is 12.4 Å². The van der Waals surface area contributed by atoms with Crippen LogP contribution in [0.5, 0.6) is 5.75 Å². The first-order valence-corrected chi connectivity index (χ1v) is 5.63. The SMILES string of the molecule is COC(=O)C(N)Cc1c[nH]c2ccc(OC)cc12.Cl. The highest BCUT2D eigenvalue weighted by Crippen LogP contribution is 2.24. The van der Waals surface area contributed by atoms with E-state index in [1.807, 2.05) is 24.4 Å². The number of ether oxygens (including phenoxy) is 2. The number of aromatic amines is 1. The number of fused-ring (bicyclic) bond motifs is 1. The molecule has 6 heteroatoms. The molecular weight excluding hydrogens is 268 g/mol. The lowest BCUT2D eigenvalue weighted by atomic mass is 10.1. The lowest BCUT2D eigenvalue weighted by Crippen LogP contribution is -2.33. The van der Waals surface area contributed by atoms with E-state index in [1.54, 1.807) is 7.11 Å². The van der Waals surface area contributed by atoms with Gasteiger partial charge in [-0.05, 0) is 23.8 Å². The highest BCUT2D eigenvalue weighted by molar-refractivity contribution is 5.86. The molecule has 1 aromatic carbocycles. The van der Waals surface area contributed by atoms with Crippen LogP contribution in [-0.2, 0) is 16.0 Å². The van der Waals surface area contributed by atoms with E-state index in [0.717, 1.165) is 22.2 Å². The number of methoxy groups -OCH3 is 2. The molecule has 104 valence electrons. The Balaban J connectivity index is 0.00000180. The van der Waals surface area contributed by atoms with Crippen LogP contribution < -0.4 is 10.5 Å². The molecule has 0 aliphatic carbocycles. The maximum atomic E-state index is 11.3. The molecule has 1 aromatic heterocycles. The van der Waals surface area contributed by atoms with E-state index < -0.39 is 12.0 Å². The predicted molar refractivity (Wildman–Crippen MR) is 75.8 cm³/mol. The fraction of sp³-hybridized carbons (Fsp3) is 0.308. The molecule has 0 fully saturated rings. The number of nitrogens with two attached hydrogens (primary N) is 1. The summed E-state index contributed by atoms with van der Waals surface area (Å²) in [5, 5.41) is 1.01. The van der Waals surface area contributed by atoms with Crippen molar-refractivity contribution in [1.29, 1.82) is 0 Å². The number of benzene rings is 1. The Bertz CT molecular complexity index is 568. The standard InChI is InChI=1S/C13H16N2O3.ClH/c1-17-9-3-4-12-10(6-9)8(7-15-12)5-11(14)13(16)18-2;/h3-4,6-7,11,15H,5,14H2,1-2H3;1H. The van der Waals surface area contributed by atoms with Crippen molar-refractivity contribution in [2.45, 2.75) is 12.5 Å². The summed E-state index contributed by atoms with van der Waals surface area (Å²) in [4.78, 5) is 14.5. The smallest absolute Gasteiger partial charge is 0.322 e. The number of rotatable bonds is 4. The Morgan fingerprint density at radius 1 is 1.42 bits per heavy atom. The van der Waals surface area contributed by atoms with Gasteiger partial charge in [-0.3, -0.25) is 4.79 Å². The van der Waals surface area contributed by atoms with Crippen LogP contribution >= 0.6 is 12.4 Å². The largest absolute Gasteiger partial charge is 0.497 e. The molecule has 0 saturated heterocycles. The summed E-state index contributed by atoms with van der Waals surface area (Å²) in [5.41, 5.74) is 7.72. The Hall–Kier alpha value is -1.72. The lowest BCUT2D eigenvalue weighted by molar-refractivity contribution is -0.142. The molecule has 0 saturated carbocycles. The molecule has 1 heterocycles. The van der Waals surface area contributed by atoms with Gasteiger partial charge >= 0.3 is 5.97 Å². The van der Waals surface area contributed by atoms with E-state index in [-0.39, 0.29) is 12.4 Å². The average molecular weight is 285 g/mol. The van der Waals surface area contributed by atoms with Crippen molar-refractivity contribution in [2.75, 3.05) is 14.2 Å². The number of aromatic nitrogens is 1. The fourth-order valence-corrected chi connectivity index (χ4v) is 1.93. The zero-order valence-electron chi connectivity index (χ0n) is 10.8. The summed E-state index contributed by atoms with van der Waals surface area (Å²) in [7, 11) is 2.95. The number of H-pyrrole nitrogens is 1. The van der Waals surface area contributed by atoms with Crippen LogP contribution in [0.3, 0.4) is 0 Å². The van der Waals surface area contributed by atoms with E-state index in [9.17, 15) is 4.79 Å². The Morgan fingerprint density at radius 2 is 2.16 bits per heavy atom. The fourth-order valence-electron chi connectivity index (χ4n) is 1.93. The van der Waals surface area contributed by atoms with Crippen LogP contribution in [-0.4, -0.2) is 31.2 Å². The minimum absolute atomic E-state index is 0. The first-order chi connectivity index (χ1) is 8.65. The summed E-state index contributed by atoms with van der Waals surface area (Å²) in [5.74, 6) is 0.363. The highest BCUT2D eigenvalue weighted by atomic mass is 35.5. The van der Waals surface area contributed by atoms with Gasteiger partial charge in [0.25, 0.3) is 0 Å². The summed E-state index contributed by atoms with van der Waals surface area (Å²) in [6, 6.07) is 5.08. The van der Waals surface area contributed by atoms with Crippen LogP contribution in [0.4, 0.5) is 0 Å². The quantitative estimate of drug-likeness (QED) is 0.837. The molecule has 5 nitrogen and oxygen atoms in total. The second kappa shape index (κ2) is 6.45. The topological polar surface area (TPSA) is 77.3 Å². The summed E-state index contributed by atoms with van der Waals surface area (Å²) in [6.45, 7) is 0. The van der Waals surface area contributed by atoms with Gasteiger partial charge in [-0.2, -0.15) is 0 Å². The van der Waals surface area contributed by atoms with Gasteiger partial charge in [0.1, 0.15) is 11.8 Å². The molecule has 3 N–H and O–H groups in total. The molecule has 2 aromatic rings. The van der Waals surface area contributed by atoms with Crippen LogP contribution in [0, 0.1) is 0 Å². The number of carbonyl (C=O) groups excluding carboxylic acids is 1. The average Bonchev–Trinajstić information content (AvgIpc) is 2.80. The number of hydrogen-bond donors (Lipinski definition) is 2. The zero-order valence-corrected chi connectivity index (χ0v) is 11.6. The molecule has 0 aliphatic heterocycles. The molecule has 0 bridgehead atoms. The first kappa shape index (κ1) is 15.3. The van der Waals surface area contributed by atoms with E-state index in [2.05, 4.69) is 9.72 Å². The Labute approximate surface area is 117 Å². The minimum atomic E-state index is -0.653. The molecule has 1 atom stereocenters. The summed E-state index contributed by atoms with van der Waals surface area (Å²) in [6.07, 6.45) is 2.28. The third-order valence-electron chi connectivity index (χ3n) is 2.92. The highest BCUT2D eigenvalue weighted by Gasteiger charge is 2.16. The molecule has 0 amide bonds. The van der Waals surface area contributed by atoms with E-state index in [4.69, 9.17) is 10.5 Å². The van der Waals surface area contributed by atoms with Gasteiger partial charge in [0.05, 0.1) is 14.2 Å². The monoisotopic (exact) mass is 284 g/mol. The van der Waals surface area contributed by atoms with Gasteiger partial charge in [0.2, 0.25) is 0 Å². The van der Waals surface area contributed by atoms with Gasteiger partial charge in [0.15, 0.2) is 0 Å². The number of hydrogen-bond acceptors (Lipinski definition) is 4. The molecule has 0 radical (unpaired) electrons. The summed E-state index contributed by atoms with van der Waals surface area (Å²) >= 11 is 0. The van der Waals surface area contributed by atoms with Crippen LogP contribution in [0.15, 0.2) is 24.4 Å².